The first kappa shape index (κ1) is 11.5. The quantitative estimate of drug-likeness (QED) is 0.790. The third-order valence-corrected chi connectivity index (χ3v) is 3.59. The maximum Gasteiger partial charge on any atom is 0.234 e. The van der Waals surface area contributed by atoms with E-state index in [9.17, 15) is 9.90 Å². The van der Waals surface area contributed by atoms with Crippen LogP contribution in [0.25, 0.3) is 0 Å². The lowest BCUT2D eigenvalue weighted by atomic mass is 10.3. The van der Waals surface area contributed by atoms with Gasteiger partial charge in [0.15, 0.2) is 0 Å². The Labute approximate surface area is 97.0 Å². The first-order chi connectivity index (χ1) is 7.72. The second kappa shape index (κ2) is 4.90. The summed E-state index contributed by atoms with van der Waals surface area (Å²) < 4.78 is 5.25. The Morgan fingerprint density at radius 1 is 1.69 bits per heavy atom. The molecule has 1 aliphatic heterocycles. The Morgan fingerprint density at radius 3 is 3.12 bits per heavy atom. The van der Waals surface area contributed by atoms with E-state index in [-0.39, 0.29) is 24.4 Å². The van der Waals surface area contributed by atoms with Crippen LogP contribution >= 0.6 is 11.8 Å². The van der Waals surface area contributed by atoms with Crippen LogP contribution in [0.1, 0.15) is 11.1 Å². The number of rotatable bonds is 4. The van der Waals surface area contributed by atoms with Crippen molar-refractivity contribution in [2.24, 2.45) is 0 Å². The minimum atomic E-state index is -0.903. The minimum absolute atomic E-state index is 0.0427. The standard InChI is InChI=1S/C10H13NO4S/c12-5-7(13)4-11-9(14)6-16-10(11)8-2-1-3-15-8/h1-3,7,10,12-13H,4-6H2/t7-,10?/m0/s1. The summed E-state index contributed by atoms with van der Waals surface area (Å²) in [5, 5.41) is 18.0. The molecular formula is C10H13NO4S. The average molecular weight is 243 g/mol. The van der Waals surface area contributed by atoms with E-state index >= 15 is 0 Å². The van der Waals surface area contributed by atoms with E-state index in [0.29, 0.717) is 11.5 Å². The number of thioether (sulfide) groups is 1. The van der Waals surface area contributed by atoms with Crippen LogP contribution in [-0.2, 0) is 4.79 Å². The molecule has 6 heteroatoms. The summed E-state index contributed by atoms with van der Waals surface area (Å²) in [5.74, 6) is 1.03. The van der Waals surface area contributed by atoms with Crippen molar-refractivity contribution in [1.29, 1.82) is 0 Å². The molecule has 0 bridgehead atoms. The molecule has 0 radical (unpaired) electrons. The molecule has 88 valence electrons. The lowest BCUT2D eigenvalue weighted by Gasteiger charge is -2.24. The lowest BCUT2D eigenvalue weighted by Crippen LogP contribution is -2.36. The molecule has 2 rings (SSSR count). The zero-order chi connectivity index (χ0) is 11.5. The predicted molar refractivity (Wildman–Crippen MR) is 58.7 cm³/mol. The monoisotopic (exact) mass is 243 g/mol. The summed E-state index contributed by atoms with van der Waals surface area (Å²) >= 11 is 1.46. The van der Waals surface area contributed by atoms with Gasteiger partial charge in [0.25, 0.3) is 0 Å². The lowest BCUT2D eigenvalue weighted by molar-refractivity contribution is -0.130. The molecule has 1 saturated heterocycles. The Bertz CT molecular complexity index is 354. The van der Waals surface area contributed by atoms with Gasteiger partial charge in [-0.2, -0.15) is 0 Å². The van der Waals surface area contributed by atoms with E-state index in [4.69, 9.17) is 9.52 Å². The van der Waals surface area contributed by atoms with Crippen LogP contribution in [-0.4, -0.2) is 46.0 Å². The Kier molecular flexibility index (Phi) is 3.52. The van der Waals surface area contributed by atoms with Crippen LogP contribution in [0.4, 0.5) is 0 Å². The van der Waals surface area contributed by atoms with E-state index in [1.54, 1.807) is 18.4 Å². The molecule has 5 nitrogen and oxygen atoms in total. The Hall–Kier alpha value is -0.980. The largest absolute Gasteiger partial charge is 0.466 e. The smallest absolute Gasteiger partial charge is 0.234 e. The summed E-state index contributed by atoms with van der Waals surface area (Å²) in [4.78, 5) is 13.1. The summed E-state index contributed by atoms with van der Waals surface area (Å²) in [7, 11) is 0. The third-order valence-electron chi connectivity index (χ3n) is 2.37. The average Bonchev–Trinajstić information content (AvgIpc) is 2.89. The third kappa shape index (κ3) is 2.23. The van der Waals surface area contributed by atoms with Gasteiger partial charge in [0.1, 0.15) is 11.1 Å². The van der Waals surface area contributed by atoms with Crippen molar-refractivity contribution in [3.05, 3.63) is 24.2 Å². The molecule has 16 heavy (non-hydrogen) atoms. The van der Waals surface area contributed by atoms with Gasteiger partial charge in [-0.05, 0) is 12.1 Å². The second-order valence-electron chi connectivity index (χ2n) is 3.56. The van der Waals surface area contributed by atoms with Crippen LogP contribution in [0.15, 0.2) is 22.8 Å². The normalized spacial score (nSPS) is 22.8. The molecule has 0 aromatic carbocycles. The Balaban J connectivity index is 2.10. The number of β-amino-alcohol motifs (C(OH)–C–C–N with tert-alkyl or cyclic N) is 1. The van der Waals surface area contributed by atoms with Crippen molar-refractivity contribution < 1.29 is 19.4 Å². The van der Waals surface area contributed by atoms with Crippen molar-refractivity contribution >= 4 is 17.7 Å². The minimum Gasteiger partial charge on any atom is -0.466 e. The van der Waals surface area contributed by atoms with E-state index in [1.807, 2.05) is 0 Å². The van der Waals surface area contributed by atoms with Crippen LogP contribution in [0, 0.1) is 0 Å². The number of amides is 1. The van der Waals surface area contributed by atoms with Crippen molar-refractivity contribution in [2.75, 3.05) is 18.9 Å². The molecular weight excluding hydrogens is 230 g/mol. The number of aliphatic hydroxyl groups is 2. The fourth-order valence-electron chi connectivity index (χ4n) is 1.60. The van der Waals surface area contributed by atoms with Gasteiger partial charge < -0.3 is 19.5 Å². The molecule has 1 amide bonds. The van der Waals surface area contributed by atoms with E-state index in [2.05, 4.69) is 0 Å². The number of nitrogens with zero attached hydrogens (tertiary/aromatic N) is 1. The van der Waals surface area contributed by atoms with E-state index in [1.165, 1.54) is 16.7 Å². The van der Waals surface area contributed by atoms with Gasteiger partial charge >= 0.3 is 0 Å². The highest BCUT2D eigenvalue weighted by molar-refractivity contribution is 8.00. The highest BCUT2D eigenvalue weighted by Crippen LogP contribution is 2.38. The SMILES string of the molecule is O=C1CSC(c2ccco2)N1C[C@H](O)CO. The van der Waals surface area contributed by atoms with Crippen LogP contribution < -0.4 is 0 Å². The number of furan rings is 1. The number of carbonyl (C=O) groups excluding carboxylic acids is 1. The topological polar surface area (TPSA) is 73.9 Å². The number of hydrogen-bond donors (Lipinski definition) is 2. The molecule has 1 aliphatic rings. The van der Waals surface area contributed by atoms with Gasteiger partial charge in [-0.3, -0.25) is 4.79 Å². The maximum atomic E-state index is 11.6. The van der Waals surface area contributed by atoms with Gasteiger partial charge in [-0.1, -0.05) is 0 Å². The second-order valence-corrected chi connectivity index (χ2v) is 4.63. The predicted octanol–water partition coefficient (Wildman–Crippen LogP) is 0.207. The van der Waals surface area contributed by atoms with Gasteiger partial charge in [-0.25, -0.2) is 0 Å². The molecule has 0 spiro atoms. The summed E-state index contributed by atoms with van der Waals surface area (Å²) in [6, 6.07) is 3.56. The van der Waals surface area contributed by atoms with Crippen molar-refractivity contribution in [3.8, 4) is 0 Å². The van der Waals surface area contributed by atoms with Gasteiger partial charge in [-0.15, -0.1) is 11.8 Å². The van der Waals surface area contributed by atoms with Crippen molar-refractivity contribution in [2.45, 2.75) is 11.5 Å². The van der Waals surface area contributed by atoms with Gasteiger partial charge in [0, 0.05) is 0 Å². The first-order valence-corrected chi connectivity index (χ1v) is 6.00. The summed E-state index contributed by atoms with van der Waals surface area (Å²) in [6.45, 7) is -0.215. The van der Waals surface area contributed by atoms with Crippen molar-refractivity contribution in [3.63, 3.8) is 0 Å². The molecule has 0 aliphatic carbocycles. The molecule has 1 fully saturated rings. The Morgan fingerprint density at radius 2 is 2.50 bits per heavy atom. The zero-order valence-corrected chi connectivity index (χ0v) is 9.39. The molecule has 1 aromatic heterocycles. The number of aliphatic hydroxyl groups excluding tert-OH is 2. The van der Waals surface area contributed by atoms with Gasteiger partial charge in [0.2, 0.25) is 5.91 Å². The fraction of sp³-hybridized carbons (Fsp3) is 0.500. The van der Waals surface area contributed by atoms with Crippen molar-refractivity contribution in [1.82, 2.24) is 4.90 Å². The summed E-state index contributed by atoms with van der Waals surface area (Å²) in [6.07, 6.45) is 0.652. The highest BCUT2D eigenvalue weighted by atomic mass is 32.2. The first-order valence-electron chi connectivity index (χ1n) is 4.95. The molecule has 2 heterocycles. The molecule has 1 unspecified atom stereocenters. The zero-order valence-electron chi connectivity index (χ0n) is 8.57. The van der Waals surface area contributed by atoms with E-state index < -0.39 is 6.10 Å². The highest BCUT2D eigenvalue weighted by Gasteiger charge is 2.35. The van der Waals surface area contributed by atoms with E-state index in [0.717, 1.165) is 0 Å². The van der Waals surface area contributed by atoms with Gasteiger partial charge in [0.05, 0.1) is 31.3 Å². The molecule has 2 N–H and O–H groups in total. The molecule has 2 atom stereocenters. The van der Waals surface area contributed by atoms with Crippen LogP contribution in [0.3, 0.4) is 0 Å². The van der Waals surface area contributed by atoms with Crippen LogP contribution in [0.5, 0.6) is 0 Å². The molecule has 0 saturated carbocycles. The fourth-order valence-corrected chi connectivity index (χ4v) is 2.75. The number of hydrogen-bond acceptors (Lipinski definition) is 5. The maximum absolute atomic E-state index is 11.6. The molecule has 1 aromatic rings. The number of carbonyl (C=O) groups is 1. The summed E-state index contributed by atoms with van der Waals surface area (Å²) in [5.41, 5.74) is 0. The van der Waals surface area contributed by atoms with Crippen LogP contribution in [0.2, 0.25) is 0 Å².